The van der Waals surface area contributed by atoms with Crippen LogP contribution in [-0.2, 0) is 6.42 Å². The second kappa shape index (κ2) is 12.3. The number of nitrogens with two attached hydrogens (primary N) is 1. The van der Waals surface area contributed by atoms with E-state index in [9.17, 15) is 0 Å². The van der Waals surface area contributed by atoms with Gasteiger partial charge in [0.15, 0.2) is 0 Å². The zero-order valence-electron chi connectivity index (χ0n) is 24.2. The molecule has 0 unspecified atom stereocenters. The van der Waals surface area contributed by atoms with Gasteiger partial charge in [-0.2, -0.15) is 0 Å². The van der Waals surface area contributed by atoms with Gasteiger partial charge in [0.25, 0.3) is 0 Å². The number of rotatable bonds is 5. The van der Waals surface area contributed by atoms with Crippen molar-refractivity contribution in [1.82, 2.24) is 0 Å². The summed E-state index contributed by atoms with van der Waals surface area (Å²) in [7, 11) is 0. The number of hydrogen-bond acceptors (Lipinski definition) is 2. The lowest BCUT2D eigenvalue weighted by molar-refractivity contribution is 0.930. The molecule has 0 aromatic heterocycles. The molecule has 0 saturated heterocycles. The predicted octanol–water partition coefficient (Wildman–Crippen LogP) is 10.3. The number of fused-ring (bicyclic) bond motifs is 2. The van der Waals surface area contributed by atoms with E-state index in [1.165, 1.54) is 55.4 Å². The summed E-state index contributed by atoms with van der Waals surface area (Å²) in [5, 5.41) is 2.54. The fourth-order valence-electron chi connectivity index (χ4n) is 5.93. The molecule has 2 aliphatic rings. The van der Waals surface area contributed by atoms with Crippen LogP contribution in [-0.4, -0.2) is 6.54 Å². The van der Waals surface area contributed by atoms with Gasteiger partial charge in [-0.3, -0.25) is 0 Å². The highest BCUT2D eigenvalue weighted by atomic mass is 15.1. The fourth-order valence-corrected chi connectivity index (χ4v) is 5.93. The van der Waals surface area contributed by atoms with Gasteiger partial charge >= 0.3 is 0 Å². The molecule has 0 amide bonds. The number of benzene rings is 4. The molecule has 40 heavy (non-hydrogen) atoms. The zero-order valence-corrected chi connectivity index (χ0v) is 24.2. The van der Waals surface area contributed by atoms with Crippen molar-refractivity contribution < 1.29 is 0 Å². The molecule has 0 aliphatic heterocycles. The minimum absolute atomic E-state index is 0.810. The summed E-state index contributed by atoms with van der Waals surface area (Å²) in [6, 6.07) is 24.4. The smallest absolute Gasteiger partial charge is 0.0644 e. The minimum atomic E-state index is 0.810. The van der Waals surface area contributed by atoms with Gasteiger partial charge in [-0.1, -0.05) is 110 Å². The Balaban J connectivity index is 0.00000158. The van der Waals surface area contributed by atoms with Crippen LogP contribution in [0, 0.1) is 6.92 Å². The van der Waals surface area contributed by atoms with E-state index in [1.54, 1.807) is 0 Å². The first-order chi connectivity index (χ1) is 19.7. The Morgan fingerprint density at radius 3 is 2.17 bits per heavy atom. The number of nitrogens with zero attached hydrogens (tertiary/aromatic N) is 1. The molecule has 0 atom stereocenters. The summed E-state index contributed by atoms with van der Waals surface area (Å²) in [5.74, 6) is 0. The van der Waals surface area contributed by atoms with Crippen LogP contribution in [0.1, 0.15) is 50.3 Å². The van der Waals surface area contributed by atoms with Crippen LogP contribution in [0.2, 0.25) is 0 Å². The second-order valence-electron chi connectivity index (χ2n) is 10.2. The molecule has 0 bridgehead atoms. The van der Waals surface area contributed by atoms with Gasteiger partial charge in [0.1, 0.15) is 0 Å². The molecule has 2 aliphatic carbocycles. The third kappa shape index (κ3) is 5.14. The van der Waals surface area contributed by atoms with E-state index in [0.29, 0.717) is 0 Å². The van der Waals surface area contributed by atoms with Gasteiger partial charge in [-0.25, -0.2) is 0 Å². The summed E-state index contributed by atoms with van der Waals surface area (Å²) in [6.07, 6.45) is 18.7. The first kappa shape index (κ1) is 27.3. The Morgan fingerprint density at radius 1 is 0.775 bits per heavy atom. The molecule has 2 heteroatoms. The van der Waals surface area contributed by atoms with Crippen LogP contribution in [0.4, 0.5) is 11.4 Å². The van der Waals surface area contributed by atoms with Crippen molar-refractivity contribution in [1.29, 1.82) is 0 Å². The van der Waals surface area contributed by atoms with Gasteiger partial charge in [0.05, 0.1) is 11.4 Å². The van der Waals surface area contributed by atoms with Crippen molar-refractivity contribution in [2.75, 3.05) is 17.2 Å². The average molecular weight is 525 g/mol. The van der Waals surface area contributed by atoms with Crippen LogP contribution in [0.15, 0.2) is 109 Å². The fraction of sp³-hybridized carbons (Fsp3) is 0.211. The van der Waals surface area contributed by atoms with Gasteiger partial charge in [0, 0.05) is 12.2 Å². The van der Waals surface area contributed by atoms with Crippen molar-refractivity contribution in [2.45, 2.75) is 47.0 Å². The Bertz CT molecular complexity index is 1630. The third-order valence-corrected chi connectivity index (χ3v) is 7.74. The molecule has 0 radical (unpaired) electrons. The molecule has 6 rings (SSSR count). The normalized spacial score (nSPS) is 13.8. The Hall–Kier alpha value is -4.30. The maximum atomic E-state index is 6.81. The van der Waals surface area contributed by atoms with Crippen LogP contribution in [0.25, 0.3) is 39.1 Å². The van der Waals surface area contributed by atoms with E-state index in [0.717, 1.165) is 37.2 Å². The van der Waals surface area contributed by atoms with Gasteiger partial charge in [-0.15, -0.1) is 0 Å². The lowest BCUT2D eigenvalue weighted by Gasteiger charge is -2.28. The molecule has 0 fully saturated rings. The van der Waals surface area contributed by atoms with Crippen molar-refractivity contribution in [2.24, 2.45) is 0 Å². The van der Waals surface area contributed by atoms with Gasteiger partial charge < -0.3 is 10.6 Å². The molecule has 4 aromatic rings. The summed E-state index contributed by atoms with van der Waals surface area (Å²) in [5.41, 5.74) is 18.8. The molecule has 0 heterocycles. The van der Waals surface area contributed by atoms with Gasteiger partial charge in [0.2, 0.25) is 0 Å². The number of anilines is 2. The van der Waals surface area contributed by atoms with Gasteiger partial charge in [-0.05, 0) is 95.5 Å². The highest BCUT2D eigenvalue weighted by molar-refractivity contribution is 6.10. The van der Waals surface area contributed by atoms with E-state index in [4.69, 9.17) is 5.73 Å². The van der Waals surface area contributed by atoms with Crippen molar-refractivity contribution in [3.63, 3.8) is 0 Å². The summed E-state index contributed by atoms with van der Waals surface area (Å²) < 4.78 is 0. The SMILES string of the molecule is CC.CCN(C1=CCCC=C1)c1ccc(-c2c3c(c(-c4ccc(C)cc4)c4ccccc24)C=CC=CC3)cc1N. The van der Waals surface area contributed by atoms with Crippen molar-refractivity contribution in [3.8, 4) is 22.3 Å². The quantitative estimate of drug-likeness (QED) is 0.263. The van der Waals surface area contributed by atoms with Crippen LogP contribution < -0.4 is 10.6 Å². The lowest BCUT2D eigenvalue weighted by atomic mass is 9.82. The molecule has 2 N–H and O–H groups in total. The van der Waals surface area contributed by atoms with E-state index in [2.05, 4.69) is 128 Å². The summed E-state index contributed by atoms with van der Waals surface area (Å²) >= 11 is 0. The van der Waals surface area contributed by atoms with Crippen LogP contribution in [0.5, 0.6) is 0 Å². The topological polar surface area (TPSA) is 29.3 Å². The highest BCUT2D eigenvalue weighted by Gasteiger charge is 2.21. The summed E-state index contributed by atoms with van der Waals surface area (Å²) in [6.45, 7) is 9.20. The van der Waals surface area contributed by atoms with E-state index in [-0.39, 0.29) is 0 Å². The predicted molar refractivity (Wildman–Crippen MR) is 177 cm³/mol. The number of likely N-dealkylation sites (N-methyl/N-ethyl adjacent to an activating group) is 1. The molecule has 2 nitrogen and oxygen atoms in total. The van der Waals surface area contributed by atoms with Crippen molar-refractivity contribution >= 4 is 28.2 Å². The Kier molecular flexibility index (Phi) is 8.36. The lowest BCUT2D eigenvalue weighted by Crippen LogP contribution is -2.22. The number of allylic oxidation sites excluding steroid dienone is 6. The monoisotopic (exact) mass is 524 g/mol. The Morgan fingerprint density at radius 2 is 1.50 bits per heavy atom. The summed E-state index contributed by atoms with van der Waals surface area (Å²) in [4.78, 5) is 2.32. The maximum Gasteiger partial charge on any atom is 0.0644 e. The van der Waals surface area contributed by atoms with E-state index >= 15 is 0 Å². The van der Waals surface area contributed by atoms with Crippen LogP contribution in [0.3, 0.4) is 0 Å². The van der Waals surface area contributed by atoms with Crippen molar-refractivity contribution in [3.05, 3.63) is 126 Å². The first-order valence-corrected chi connectivity index (χ1v) is 14.7. The molecule has 0 saturated carbocycles. The second-order valence-corrected chi connectivity index (χ2v) is 10.2. The molecular formula is C38H40N2. The molecule has 202 valence electrons. The van der Waals surface area contributed by atoms with E-state index in [1.807, 2.05) is 13.8 Å². The molecule has 4 aromatic carbocycles. The largest absolute Gasteiger partial charge is 0.397 e. The minimum Gasteiger partial charge on any atom is -0.397 e. The van der Waals surface area contributed by atoms with Crippen LogP contribution >= 0.6 is 0 Å². The van der Waals surface area contributed by atoms with E-state index < -0.39 is 0 Å². The number of hydrogen-bond donors (Lipinski definition) is 1. The highest BCUT2D eigenvalue weighted by Crippen LogP contribution is 2.45. The third-order valence-electron chi connectivity index (χ3n) is 7.74. The standard InChI is InChI=1S/C36H34N2.C2H6/c1-3-38(28-12-6-4-7-13-28)34-23-22-27(24-33(34)37)36-31-15-9-5-8-14-29(31)35(26-20-18-25(2)19-21-26)30-16-10-11-17-32(30)36;1-2/h5-6,8-14,16-24H,3-4,7,15,37H2,1-2H3;1-2H3. The maximum absolute atomic E-state index is 6.81. The number of nitrogen functional groups attached to an aromatic ring is 1. The molecule has 0 spiro atoms. The zero-order chi connectivity index (χ0) is 28.1. The average Bonchev–Trinajstić information content (AvgIpc) is 3.25. The number of aryl methyl sites for hydroxylation is 1. The first-order valence-electron chi connectivity index (χ1n) is 14.7. The molecular weight excluding hydrogens is 484 g/mol. The Labute approximate surface area is 239 Å².